The average Bonchev–Trinajstić information content (AvgIpc) is 2.67. The summed E-state index contributed by atoms with van der Waals surface area (Å²) in [5, 5.41) is 14.4. The molecule has 0 aliphatic carbocycles. The molecular weight excluding hydrogens is 367 g/mol. The van der Waals surface area contributed by atoms with Crippen LogP contribution in [0.3, 0.4) is 0 Å². The van der Waals surface area contributed by atoms with Crippen molar-refractivity contribution in [2.75, 3.05) is 10.6 Å². The van der Waals surface area contributed by atoms with Gasteiger partial charge in [0.25, 0.3) is 5.91 Å². The van der Waals surface area contributed by atoms with E-state index in [1.165, 1.54) is 18.3 Å². The van der Waals surface area contributed by atoms with E-state index in [0.29, 0.717) is 0 Å². The lowest BCUT2D eigenvalue weighted by molar-refractivity contribution is -0.137. The molecule has 0 bridgehead atoms. The summed E-state index contributed by atoms with van der Waals surface area (Å²) in [6.07, 6.45) is -1.90. The molecule has 2 aromatic rings. The molecule has 7 heteroatoms. The monoisotopic (exact) mass is 387 g/mol. The van der Waals surface area contributed by atoms with E-state index in [9.17, 15) is 23.2 Å². The Balaban J connectivity index is 2.28. The number of nitrogens with one attached hydrogen (secondary N) is 2. The summed E-state index contributed by atoms with van der Waals surface area (Å²) in [4.78, 5) is 12.3. The molecular formula is C21H20F3N3O. The first kappa shape index (κ1) is 21.0. The zero-order chi connectivity index (χ0) is 20.7. The Labute approximate surface area is 161 Å². The molecule has 0 aliphatic heterocycles. The topological polar surface area (TPSA) is 64.9 Å². The highest BCUT2D eigenvalue weighted by molar-refractivity contribution is 6.07. The third-order valence-electron chi connectivity index (χ3n) is 4.21. The molecule has 0 atom stereocenters. The first-order chi connectivity index (χ1) is 13.3. The van der Waals surface area contributed by atoms with Crippen molar-refractivity contribution in [1.82, 2.24) is 0 Å². The molecule has 4 nitrogen and oxygen atoms in total. The van der Waals surface area contributed by atoms with Crippen molar-refractivity contribution in [2.45, 2.75) is 32.9 Å². The Bertz CT molecular complexity index is 905. The van der Waals surface area contributed by atoms with Crippen LogP contribution in [-0.4, -0.2) is 5.91 Å². The van der Waals surface area contributed by atoms with Gasteiger partial charge in [0.1, 0.15) is 11.6 Å². The van der Waals surface area contributed by atoms with Gasteiger partial charge in [-0.1, -0.05) is 44.2 Å². The second-order valence-electron chi connectivity index (χ2n) is 5.97. The fourth-order valence-electron chi connectivity index (χ4n) is 2.75. The van der Waals surface area contributed by atoms with Gasteiger partial charge in [-0.2, -0.15) is 18.4 Å². The minimum Gasteiger partial charge on any atom is -0.360 e. The number of benzene rings is 2. The van der Waals surface area contributed by atoms with E-state index in [2.05, 4.69) is 10.6 Å². The van der Waals surface area contributed by atoms with Crippen molar-refractivity contribution in [1.29, 1.82) is 5.26 Å². The van der Waals surface area contributed by atoms with Gasteiger partial charge in [0, 0.05) is 11.9 Å². The van der Waals surface area contributed by atoms with E-state index in [-0.39, 0.29) is 5.57 Å². The number of carbonyl (C=O) groups excluding carboxylic acids is 1. The summed E-state index contributed by atoms with van der Waals surface area (Å²) in [5.41, 5.74) is 1.11. The van der Waals surface area contributed by atoms with Crippen LogP contribution in [0.1, 0.15) is 30.5 Å². The third-order valence-corrected chi connectivity index (χ3v) is 4.21. The SMILES string of the molecule is CCc1cccc(CC)c1N/C=C(/C#N)C(=O)Nc1ccccc1C(F)(F)F. The number of alkyl halides is 3. The number of nitriles is 1. The molecule has 28 heavy (non-hydrogen) atoms. The molecule has 146 valence electrons. The molecule has 0 saturated carbocycles. The smallest absolute Gasteiger partial charge is 0.360 e. The molecule has 2 rings (SSSR count). The highest BCUT2D eigenvalue weighted by Gasteiger charge is 2.33. The Hall–Kier alpha value is -3.27. The Morgan fingerprint density at radius 1 is 1.07 bits per heavy atom. The first-order valence-electron chi connectivity index (χ1n) is 8.76. The summed E-state index contributed by atoms with van der Waals surface area (Å²) < 4.78 is 39.2. The van der Waals surface area contributed by atoms with Crippen LogP contribution < -0.4 is 10.6 Å². The molecule has 2 aromatic carbocycles. The third kappa shape index (κ3) is 4.92. The first-order valence-corrected chi connectivity index (χ1v) is 8.76. The maximum absolute atomic E-state index is 13.1. The standard InChI is InChI=1S/C21H20F3N3O/c1-3-14-8-7-9-15(4-2)19(14)26-13-16(12-25)20(28)27-18-11-6-5-10-17(18)21(22,23)24/h5-11,13,26H,3-4H2,1-2H3,(H,27,28)/b16-13-. The molecule has 0 fully saturated rings. The number of aryl methyl sites for hydroxylation is 2. The van der Waals surface area contributed by atoms with E-state index in [1.54, 1.807) is 6.07 Å². The number of halogens is 3. The number of hydrogen-bond donors (Lipinski definition) is 2. The van der Waals surface area contributed by atoms with Crippen molar-refractivity contribution in [3.63, 3.8) is 0 Å². The maximum Gasteiger partial charge on any atom is 0.418 e. The van der Waals surface area contributed by atoms with Gasteiger partial charge < -0.3 is 10.6 Å². The quantitative estimate of drug-likeness (QED) is 0.523. The molecule has 0 unspecified atom stereocenters. The minimum absolute atomic E-state index is 0.329. The van der Waals surface area contributed by atoms with Gasteiger partial charge in [-0.25, -0.2) is 0 Å². The summed E-state index contributed by atoms with van der Waals surface area (Å²) in [6, 6.07) is 12.1. The van der Waals surface area contributed by atoms with Gasteiger partial charge in [-0.05, 0) is 36.1 Å². The average molecular weight is 387 g/mol. The summed E-state index contributed by atoms with van der Waals surface area (Å²) >= 11 is 0. The highest BCUT2D eigenvalue weighted by atomic mass is 19.4. The second kappa shape index (κ2) is 9.09. The Morgan fingerprint density at radius 2 is 1.68 bits per heavy atom. The molecule has 0 aromatic heterocycles. The van der Waals surface area contributed by atoms with Gasteiger partial charge in [0.2, 0.25) is 0 Å². The normalized spacial score (nSPS) is 11.6. The predicted molar refractivity (Wildman–Crippen MR) is 103 cm³/mol. The highest BCUT2D eigenvalue weighted by Crippen LogP contribution is 2.34. The molecule has 0 aliphatic rings. The van der Waals surface area contributed by atoms with E-state index in [4.69, 9.17) is 0 Å². The van der Waals surface area contributed by atoms with Crippen molar-refractivity contribution in [3.8, 4) is 6.07 Å². The fraction of sp³-hybridized carbons (Fsp3) is 0.238. The van der Waals surface area contributed by atoms with Crippen molar-refractivity contribution >= 4 is 17.3 Å². The lowest BCUT2D eigenvalue weighted by atomic mass is 10.0. The van der Waals surface area contributed by atoms with Crippen molar-refractivity contribution in [3.05, 3.63) is 70.9 Å². The summed E-state index contributed by atoms with van der Waals surface area (Å²) in [5.74, 6) is -0.918. The zero-order valence-electron chi connectivity index (χ0n) is 15.5. The van der Waals surface area contributed by atoms with Crippen LogP contribution in [0.25, 0.3) is 0 Å². The van der Waals surface area contributed by atoms with Crippen LogP contribution in [-0.2, 0) is 23.8 Å². The van der Waals surface area contributed by atoms with Gasteiger partial charge in [0.05, 0.1) is 11.3 Å². The number of anilines is 2. The largest absolute Gasteiger partial charge is 0.418 e. The van der Waals surface area contributed by atoms with Crippen LogP contribution in [0, 0.1) is 11.3 Å². The fourth-order valence-corrected chi connectivity index (χ4v) is 2.75. The predicted octanol–water partition coefficient (Wildman–Crippen LogP) is 5.29. The molecule has 0 spiro atoms. The van der Waals surface area contributed by atoms with Crippen molar-refractivity contribution in [2.24, 2.45) is 0 Å². The van der Waals surface area contributed by atoms with E-state index in [0.717, 1.165) is 41.8 Å². The number of nitrogens with zero attached hydrogens (tertiary/aromatic N) is 1. The van der Waals surface area contributed by atoms with Gasteiger partial charge in [-0.15, -0.1) is 0 Å². The lowest BCUT2D eigenvalue weighted by Gasteiger charge is -2.14. The van der Waals surface area contributed by atoms with Crippen LogP contribution in [0.4, 0.5) is 24.5 Å². The zero-order valence-corrected chi connectivity index (χ0v) is 15.5. The van der Waals surface area contributed by atoms with Crippen molar-refractivity contribution < 1.29 is 18.0 Å². The second-order valence-corrected chi connectivity index (χ2v) is 5.97. The summed E-state index contributed by atoms with van der Waals surface area (Å²) in [7, 11) is 0. The Kier molecular flexibility index (Phi) is 6.83. The van der Waals surface area contributed by atoms with Gasteiger partial charge in [-0.3, -0.25) is 4.79 Å². The number of para-hydroxylation sites is 2. The van der Waals surface area contributed by atoms with E-state index >= 15 is 0 Å². The number of amides is 1. The van der Waals surface area contributed by atoms with E-state index < -0.39 is 23.3 Å². The van der Waals surface area contributed by atoms with Gasteiger partial charge in [0.15, 0.2) is 0 Å². The Morgan fingerprint density at radius 3 is 2.21 bits per heavy atom. The number of carbonyl (C=O) groups is 1. The molecule has 0 heterocycles. The van der Waals surface area contributed by atoms with Crippen LogP contribution in [0.5, 0.6) is 0 Å². The van der Waals surface area contributed by atoms with Gasteiger partial charge >= 0.3 is 6.18 Å². The maximum atomic E-state index is 13.1. The minimum atomic E-state index is -4.62. The van der Waals surface area contributed by atoms with Crippen LogP contribution >= 0.6 is 0 Å². The summed E-state index contributed by atoms with van der Waals surface area (Å²) in [6.45, 7) is 3.96. The molecule has 1 amide bonds. The lowest BCUT2D eigenvalue weighted by Crippen LogP contribution is -2.18. The van der Waals surface area contributed by atoms with Crippen LogP contribution in [0.2, 0.25) is 0 Å². The van der Waals surface area contributed by atoms with Crippen LogP contribution in [0.15, 0.2) is 54.2 Å². The number of hydrogen-bond acceptors (Lipinski definition) is 3. The molecule has 0 radical (unpaired) electrons. The number of rotatable bonds is 6. The van der Waals surface area contributed by atoms with E-state index in [1.807, 2.05) is 32.0 Å². The molecule has 2 N–H and O–H groups in total. The molecule has 0 saturated heterocycles.